The first-order chi connectivity index (χ1) is 15.6. The number of nitrogens with one attached hydrogen (secondary N) is 1. The summed E-state index contributed by atoms with van der Waals surface area (Å²) in [7, 11) is -3.18. The summed E-state index contributed by atoms with van der Waals surface area (Å²) in [4.78, 5) is 9.01. The highest BCUT2D eigenvalue weighted by atomic mass is 79.9. The zero-order valence-corrected chi connectivity index (χ0v) is 21.1. The number of sulfonamides is 1. The van der Waals surface area contributed by atoms with Gasteiger partial charge in [0.2, 0.25) is 16.0 Å². The van der Waals surface area contributed by atoms with E-state index in [9.17, 15) is 12.8 Å². The second kappa shape index (κ2) is 9.47. The molecule has 1 fully saturated rings. The molecule has 1 N–H and O–H groups in total. The lowest BCUT2D eigenvalue weighted by Crippen LogP contribution is -2.42. The van der Waals surface area contributed by atoms with E-state index in [0.29, 0.717) is 58.9 Å². The summed E-state index contributed by atoms with van der Waals surface area (Å²) >= 11 is 3.26. The average Bonchev–Trinajstić information content (AvgIpc) is 3.21. The number of anilines is 1. The van der Waals surface area contributed by atoms with Crippen LogP contribution < -0.4 is 5.32 Å². The summed E-state index contributed by atoms with van der Waals surface area (Å²) in [6.45, 7) is 4.94. The number of benzene rings is 1. The summed E-state index contributed by atoms with van der Waals surface area (Å²) in [6.07, 6.45) is 6.10. The second-order valence-corrected chi connectivity index (χ2v) is 11.2. The molecule has 0 unspecified atom stereocenters. The zero-order chi connectivity index (χ0) is 23.8. The van der Waals surface area contributed by atoms with Gasteiger partial charge in [0, 0.05) is 48.7 Å². The van der Waals surface area contributed by atoms with Crippen molar-refractivity contribution in [2.24, 2.45) is 0 Å². The summed E-state index contributed by atoms with van der Waals surface area (Å²) in [5, 5.41) is 7.97. The van der Waals surface area contributed by atoms with Gasteiger partial charge in [0.1, 0.15) is 11.5 Å². The van der Waals surface area contributed by atoms with Crippen molar-refractivity contribution in [1.29, 1.82) is 0 Å². The van der Waals surface area contributed by atoms with Gasteiger partial charge in [0.15, 0.2) is 0 Å². The highest BCUT2D eigenvalue weighted by Gasteiger charge is 2.25. The van der Waals surface area contributed by atoms with Crippen LogP contribution in [0, 0.1) is 5.82 Å². The normalized spacial score (nSPS) is 15.8. The lowest BCUT2D eigenvalue weighted by atomic mass is 10.1. The topological polar surface area (TPSA) is 93.0 Å². The molecule has 0 radical (unpaired) electrons. The predicted molar refractivity (Wildman–Crippen MR) is 130 cm³/mol. The summed E-state index contributed by atoms with van der Waals surface area (Å²) < 4.78 is 42.0. The van der Waals surface area contributed by atoms with Crippen LogP contribution in [0.2, 0.25) is 0 Å². The van der Waals surface area contributed by atoms with Gasteiger partial charge in [-0.1, -0.05) is 6.07 Å². The van der Waals surface area contributed by atoms with E-state index in [1.165, 1.54) is 10.6 Å². The molecule has 1 saturated heterocycles. The fourth-order valence-corrected chi connectivity index (χ4v) is 5.06. The van der Waals surface area contributed by atoms with Crippen LogP contribution in [0.4, 0.5) is 10.3 Å². The minimum atomic E-state index is -3.18. The second-order valence-electron chi connectivity index (χ2n) is 8.41. The van der Waals surface area contributed by atoms with Crippen molar-refractivity contribution in [2.45, 2.75) is 38.8 Å². The molecule has 3 aromatic rings. The minimum absolute atomic E-state index is 0.0682. The van der Waals surface area contributed by atoms with E-state index in [-0.39, 0.29) is 17.9 Å². The molecule has 1 aliphatic heterocycles. The number of halogens is 2. The Balaban J connectivity index is 1.63. The molecule has 3 heterocycles. The number of rotatable bonds is 6. The van der Waals surface area contributed by atoms with Gasteiger partial charge in [-0.15, -0.1) is 0 Å². The Labute approximate surface area is 201 Å². The standard InChI is InChI=1S/C22H26BrFN6O2S/c1-14(2)30-13-17(21(28-30)16-5-4-6-18(23)20(16)24)19-7-10-25-22(27-19)26-15-8-11-29(12-9-15)33(3,31)32/h4-7,10,13-15H,8-9,11-12H2,1-3H3,(H,25,26,27). The Morgan fingerprint density at radius 2 is 1.91 bits per heavy atom. The van der Waals surface area contributed by atoms with E-state index in [2.05, 4.69) is 36.3 Å². The molecule has 1 aromatic carbocycles. The molecule has 11 heteroatoms. The number of nitrogens with zero attached hydrogens (tertiary/aromatic N) is 5. The zero-order valence-electron chi connectivity index (χ0n) is 18.7. The van der Waals surface area contributed by atoms with Gasteiger partial charge in [0.05, 0.1) is 16.4 Å². The van der Waals surface area contributed by atoms with Crippen molar-refractivity contribution < 1.29 is 12.8 Å². The first-order valence-corrected chi connectivity index (χ1v) is 13.4. The highest BCUT2D eigenvalue weighted by Crippen LogP contribution is 2.35. The van der Waals surface area contributed by atoms with Crippen LogP contribution in [0.5, 0.6) is 0 Å². The molecule has 176 valence electrons. The molecule has 0 amide bonds. The minimum Gasteiger partial charge on any atom is -0.351 e. The van der Waals surface area contributed by atoms with Crippen LogP contribution in [-0.4, -0.2) is 57.9 Å². The lowest BCUT2D eigenvalue weighted by molar-refractivity contribution is 0.331. The van der Waals surface area contributed by atoms with Gasteiger partial charge < -0.3 is 5.32 Å². The molecule has 33 heavy (non-hydrogen) atoms. The third-order valence-electron chi connectivity index (χ3n) is 5.66. The van der Waals surface area contributed by atoms with E-state index in [1.807, 2.05) is 20.0 Å². The van der Waals surface area contributed by atoms with Crippen LogP contribution >= 0.6 is 15.9 Å². The Hall–Kier alpha value is -2.37. The molecule has 0 aliphatic carbocycles. The van der Waals surface area contributed by atoms with Crippen LogP contribution in [0.15, 0.2) is 41.1 Å². The number of hydrogen-bond acceptors (Lipinski definition) is 6. The third-order valence-corrected chi connectivity index (χ3v) is 7.57. The molecule has 8 nitrogen and oxygen atoms in total. The Morgan fingerprint density at radius 1 is 1.18 bits per heavy atom. The quantitative estimate of drug-likeness (QED) is 0.504. The molecule has 2 aromatic heterocycles. The van der Waals surface area contributed by atoms with Crippen molar-refractivity contribution in [3.05, 3.63) is 46.9 Å². The maximum atomic E-state index is 14.9. The predicted octanol–water partition coefficient (Wildman–Crippen LogP) is 4.33. The Morgan fingerprint density at radius 3 is 2.58 bits per heavy atom. The maximum Gasteiger partial charge on any atom is 0.223 e. The highest BCUT2D eigenvalue weighted by molar-refractivity contribution is 9.10. The maximum absolute atomic E-state index is 14.9. The summed E-state index contributed by atoms with van der Waals surface area (Å²) in [5.74, 6) is 0.0704. The first-order valence-electron chi connectivity index (χ1n) is 10.7. The number of aromatic nitrogens is 4. The first kappa shape index (κ1) is 23.8. The van der Waals surface area contributed by atoms with Crippen molar-refractivity contribution in [2.75, 3.05) is 24.7 Å². The van der Waals surface area contributed by atoms with E-state index in [1.54, 1.807) is 35.1 Å². The summed E-state index contributed by atoms with van der Waals surface area (Å²) in [5.41, 5.74) is 2.23. The smallest absolute Gasteiger partial charge is 0.223 e. The van der Waals surface area contributed by atoms with Crippen molar-refractivity contribution in [3.63, 3.8) is 0 Å². The average molecular weight is 537 g/mol. The molecule has 0 saturated carbocycles. The molecule has 4 rings (SSSR count). The van der Waals surface area contributed by atoms with Gasteiger partial charge >= 0.3 is 0 Å². The van der Waals surface area contributed by atoms with Gasteiger partial charge in [-0.05, 0) is 60.8 Å². The third kappa shape index (κ3) is 5.25. The van der Waals surface area contributed by atoms with E-state index in [0.717, 1.165) is 0 Å². The van der Waals surface area contributed by atoms with Crippen molar-refractivity contribution >= 4 is 31.9 Å². The number of piperidine rings is 1. The monoisotopic (exact) mass is 536 g/mol. The largest absolute Gasteiger partial charge is 0.351 e. The van der Waals surface area contributed by atoms with Crippen LogP contribution in [0.25, 0.3) is 22.5 Å². The molecule has 0 atom stereocenters. The Kier molecular flexibility index (Phi) is 6.83. The van der Waals surface area contributed by atoms with Crippen LogP contribution in [-0.2, 0) is 10.0 Å². The lowest BCUT2D eigenvalue weighted by Gasteiger charge is -2.30. The molecule has 0 bridgehead atoms. The molecule has 0 spiro atoms. The fraction of sp³-hybridized carbons (Fsp3) is 0.409. The van der Waals surface area contributed by atoms with Crippen LogP contribution in [0.1, 0.15) is 32.7 Å². The summed E-state index contributed by atoms with van der Waals surface area (Å²) in [6, 6.07) is 7.06. The molecular formula is C22H26BrFN6O2S. The van der Waals surface area contributed by atoms with Gasteiger partial charge in [0.25, 0.3) is 0 Å². The van der Waals surface area contributed by atoms with Gasteiger partial charge in [-0.2, -0.15) is 5.10 Å². The number of hydrogen-bond donors (Lipinski definition) is 1. The molecular weight excluding hydrogens is 511 g/mol. The van der Waals surface area contributed by atoms with Crippen molar-refractivity contribution in [3.8, 4) is 22.5 Å². The van der Waals surface area contributed by atoms with E-state index >= 15 is 0 Å². The van der Waals surface area contributed by atoms with Gasteiger partial charge in [-0.3, -0.25) is 4.68 Å². The SMILES string of the molecule is CC(C)n1cc(-c2ccnc(NC3CCN(S(C)(=O)=O)CC3)n2)c(-c2cccc(Br)c2F)n1. The van der Waals surface area contributed by atoms with Crippen LogP contribution in [0.3, 0.4) is 0 Å². The van der Waals surface area contributed by atoms with Crippen molar-refractivity contribution in [1.82, 2.24) is 24.1 Å². The van der Waals surface area contributed by atoms with E-state index in [4.69, 9.17) is 0 Å². The Bertz CT molecular complexity index is 1260. The fourth-order valence-electron chi connectivity index (χ4n) is 3.82. The molecule has 1 aliphatic rings. The van der Waals surface area contributed by atoms with Gasteiger partial charge in [-0.25, -0.2) is 27.1 Å². The van der Waals surface area contributed by atoms with E-state index < -0.39 is 10.0 Å².